The number of aliphatic hydroxyl groups excluding tert-OH is 1. The second-order valence-corrected chi connectivity index (χ2v) is 6.37. The second kappa shape index (κ2) is 6.15. The molecule has 0 spiro atoms. The lowest BCUT2D eigenvalue weighted by atomic mass is 9.94. The molecule has 16 heavy (non-hydrogen) atoms. The predicted molar refractivity (Wildman–Crippen MR) is 71.7 cm³/mol. The van der Waals surface area contributed by atoms with E-state index in [1.54, 1.807) is 0 Å². The van der Waals surface area contributed by atoms with Crippen molar-refractivity contribution in [1.29, 1.82) is 0 Å². The summed E-state index contributed by atoms with van der Waals surface area (Å²) in [6.07, 6.45) is 3.47. The number of halogens is 1. The van der Waals surface area contributed by atoms with E-state index in [-0.39, 0.29) is 0 Å². The fourth-order valence-electron chi connectivity index (χ4n) is 2.27. The van der Waals surface area contributed by atoms with Crippen LogP contribution >= 0.6 is 27.3 Å². The van der Waals surface area contributed by atoms with Crippen LogP contribution in [-0.4, -0.2) is 29.7 Å². The lowest BCUT2D eigenvalue weighted by molar-refractivity contribution is 0.154. The maximum Gasteiger partial charge on any atom is 0.0433 e. The molecule has 1 aliphatic heterocycles. The van der Waals surface area contributed by atoms with Crippen LogP contribution in [0, 0.1) is 5.92 Å². The van der Waals surface area contributed by atoms with Crippen molar-refractivity contribution >= 4 is 27.3 Å². The van der Waals surface area contributed by atoms with Gasteiger partial charge < -0.3 is 5.11 Å². The van der Waals surface area contributed by atoms with Crippen molar-refractivity contribution in [2.45, 2.75) is 25.8 Å². The molecule has 0 unspecified atom stereocenters. The topological polar surface area (TPSA) is 23.5 Å². The second-order valence-electron chi connectivity index (χ2n) is 4.46. The van der Waals surface area contributed by atoms with Crippen LogP contribution < -0.4 is 0 Å². The Hall–Kier alpha value is 0.1000. The minimum absolute atomic E-state index is 0.350. The highest BCUT2D eigenvalue weighted by Crippen LogP contribution is 2.25. The van der Waals surface area contributed by atoms with Gasteiger partial charge in [0, 0.05) is 27.9 Å². The Morgan fingerprint density at radius 1 is 1.44 bits per heavy atom. The minimum atomic E-state index is 0.350. The molecule has 2 nitrogen and oxygen atoms in total. The molecule has 2 rings (SSSR count). The maximum absolute atomic E-state index is 8.91. The van der Waals surface area contributed by atoms with Crippen molar-refractivity contribution in [1.82, 2.24) is 4.90 Å². The van der Waals surface area contributed by atoms with Gasteiger partial charge in [-0.3, -0.25) is 4.90 Å². The Balaban J connectivity index is 1.77. The average Bonchev–Trinajstić information content (AvgIpc) is 2.67. The van der Waals surface area contributed by atoms with E-state index in [2.05, 4.69) is 32.3 Å². The number of piperidine rings is 1. The Morgan fingerprint density at radius 2 is 2.19 bits per heavy atom. The van der Waals surface area contributed by atoms with Crippen molar-refractivity contribution in [2.75, 3.05) is 19.7 Å². The van der Waals surface area contributed by atoms with Gasteiger partial charge in [0.25, 0.3) is 0 Å². The van der Waals surface area contributed by atoms with E-state index >= 15 is 0 Å². The zero-order chi connectivity index (χ0) is 11.4. The fourth-order valence-corrected chi connectivity index (χ4v) is 3.77. The summed E-state index contributed by atoms with van der Waals surface area (Å²) in [4.78, 5) is 3.96. The Morgan fingerprint density at radius 3 is 2.75 bits per heavy atom. The maximum atomic E-state index is 8.91. The van der Waals surface area contributed by atoms with Gasteiger partial charge in [-0.2, -0.15) is 0 Å². The Bertz CT molecular complexity index is 321. The first-order valence-electron chi connectivity index (χ1n) is 5.84. The summed E-state index contributed by atoms with van der Waals surface area (Å²) in [5.74, 6) is 0.747. The number of nitrogens with zero attached hydrogens (tertiary/aromatic N) is 1. The number of aliphatic hydroxyl groups is 1. The van der Waals surface area contributed by atoms with Crippen molar-refractivity contribution < 1.29 is 5.11 Å². The van der Waals surface area contributed by atoms with Crippen molar-refractivity contribution in [3.05, 3.63) is 20.8 Å². The molecule has 0 atom stereocenters. The van der Waals surface area contributed by atoms with Gasteiger partial charge in [0.2, 0.25) is 0 Å². The van der Waals surface area contributed by atoms with Crippen molar-refractivity contribution in [2.24, 2.45) is 5.92 Å². The van der Waals surface area contributed by atoms with E-state index in [1.165, 1.54) is 35.3 Å². The monoisotopic (exact) mass is 303 g/mol. The molecule has 0 aliphatic carbocycles. The fraction of sp³-hybridized carbons (Fsp3) is 0.667. The standard InChI is InChI=1S/C12H18BrNOS/c13-11-7-12(16-9-11)8-14-4-1-10(2-5-14)3-6-15/h7,9-10,15H,1-6,8H2. The Labute approximate surface area is 109 Å². The van der Waals surface area contributed by atoms with Crippen LogP contribution in [-0.2, 0) is 6.54 Å². The van der Waals surface area contributed by atoms with Gasteiger partial charge in [0.05, 0.1) is 0 Å². The van der Waals surface area contributed by atoms with E-state index in [0.717, 1.165) is 18.9 Å². The molecule has 0 bridgehead atoms. The van der Waals surface area contributed by atoms with Gasteiger partial charge in [-0.05, 0) is 60.3 Å². The zero-order valence-corrected chi connectivity index (χ0v) is 11.8. The third-order valence-electron chi connectivity index (χ3n) is 3.25. The van der Waals surface area contributed by atoms with Gasteiger partial charge in [-0.25, -0.2) is 0 Å². The molecule has 0 radical (unpaired) electrons. The molecular weight excluding hydrogens is 286 g/mol. The molecular formula is C12H18BrNOS. The van der Waals surface area contributed by atoms with Crippen LogP contribution in [0.4, 0.5) is 0 Å². The van der Waals surface area contributed by atoms with Gasteiger partial charge in [0.15, 0.2) is 0 Å². The molecule has 0 aromatic carbocycles. The average molecular weight is 304 g/mol. The van der Waals surface area contributed by atoms with E-state index in [1.807, 2.05) is 11.3 Å². The first-order chi connectivity index (χ1) is 7.78. The summed E-state index contributed by atoms with van der Waals surface area (Å²) in [5.41, 5.74) is 0. The van der Waals surface area contributed by atoms with Crippen LogP contribution in [0.5, 0.6) is 0 Å². The predicted octanol–water partition coefficient (Wildman–Crippen LogP) is 3.11. The molecule has 4 heteroatoms. The molecule has 1 aromatic rings. The van der Waals surface area contributed by atoms with E-state index < -0.39 is 0 Å². The van der Waals surface area contributed by atoms with Crippen LogP contribution in [0.2, 0.25) is 0 Å². The Kier molecular flexibility index (Phi) is 4.82. The first kappa shape index (κ1) is 12.6. The molecule has 2 heterocycles. The molecule has 0 amide bonds. The summed E-state index contributed by atoms with van der Waals surface area (Å²) in [5, 5.41) is 11.1. The van der Waals surface area contributed by atoms with Gasteiger partial charge >= 0.3 is 0 Å². The van der Waals surface area contributed by atoms with E-state index in [9.17, 15) is 0 Å². The largest absolute Gasteiger partial charge is 0.396 e. The highest BCUT2D eigenvalue weighted by atomic mass is 79.9. The lowest BCUT2D eigenvalue weighted by Crippen LogP contribution is -2.33. The van der Waals surface area contributed by atoms with Crippen LogP contribution in [0.3, 0.4) is 0 Å². The smallest absolute Gasteiger partial charge is 0.0433 e. The quantitative estimate of drug-likeness (QED) is 0.924. The minimum Gasteiger partial charge on any atom is -0.396 e. The molecule has 1 N–H and O–H groups in total. The van der Waals surface area contributed by atoms with E-state index in [4.69, 9.17) is 5.11 Å². The van der Waals surface area contributed by atoms with Crippen molar-refractivity contribution in [3.8, 4) is 0 Å². The third kappa shape index (κ3) is 3.55. The third-order valence-corrected chi connectivity index (χ3v) is 4.93. The molecule has 0 saturated carbocycles. The molecule has 90 valence electrons. The first-order valence-corrected chi connectivity index (χ1v) is 7.51. The van der Waals surface area contributed by atoms with Crippen LogP contribution in [0.1, 0.15) is 24.1 Å². The normalized spacial score (nSPS) is 19.1. The lowest BCUT2D eigenvalue weighted by Gasteiger charge is -2.31. The zero-order valence-electron chi connectivity index (χ0n) is 9.36. The number of likely N-dealkylation sites (tertiary alicyclic amines) is 1. The highest BCUT2D eigenvalue weighted by Gasteiger charge is 2.18. The summed E-state index contributed by atoms with van der Waals surface area (Å²) in [6, 6.07) is 2.21. The number of hydrogen-bond donors (Lipinski definition) is 1. The summed E-state index contributed by atoms with van der Waals surface area (Å²) >= 11 is 5.32. The summed E-state index contributed by atoms with van der Waals surface area (Å²) in [7, 11) is 0. The van der Waals surface area contributed by atoms with Crippen LogP contribution in [0.15, 0.2) is 15.9 Å². The number of hydrogen-bond acceptors (Lipinski definition) is 3. The molecule has 1 aromatic heterocycles. The number of rotatable bonds is 4. The SMILES string of the molecule is OCCC1CCN(Cc2cc(Br)cs2)CC1. The number of thiophene rings is 1. The van der Waals surface area contributed by atoms with Gasteiger partial charge in [-0.15, -0.1) is 11.3 Å². The van der Waals surface area contributed by atoms with Crippen LogP contribution in [0.25, 0.3) is 0 Å². The molecule has 1 saturated heterocycles. The summed E-state index contributed by atoms with van der Waals surface area (Å²) in [6.45, 7) is 3.80. The summed E-state index contributed by atoms with van der Waals surface area (Å²) < 4.78 is 1.20. The van der Waals surface area contributed by atoms with E-state index in [0.29, 0.717) is 6.61 Å². The van der Waals surface area contributed by atoms with Gasteiger partial charge in [-0.1, -0.05) is 0 Å². The molecule has 1 fully saturated rings. The molecule has 1 aliphatic rings. The van der Waals surface area contributed by atoms with Gasteiger partial charge in [0.1, 0.15) is 0 Å². The van der Waals surface area contributed by atoms with Crippen molar-refractivity contribution in [3.63, 3.8) is 0 Å². The highest BCUT2D eigenvalue weighted by molar-refractivity contribution is 9.10.